The van der Waals surface area contributed by atoms with Crippen LogP contribution in [0, 0.1) is 0 Å². The molecule has 144 valence electrons. The van der Waals surface area contributed by atoms with E-state index in [1.54, 1.807) is 36.4 Å². The van der Waals surface area contributed by atoms with Gasteiger partial charge in [0.25, 0.3) is 11.8 Å². The molecular formula is C22H22N2O3S. The number of carbonyl (C=O) groups excluding carboxylic acids is 2. The fourth-order valence-corrected chi connectivity index (χ4v) is 3.25. The van der Waals surface area contributed by atoms with E-state index in [1.807, 2.05) is 17.5 Å². The highest BCUT2D eigenvalue weighted by atomic mass is 32.1. The van der Waals surface area contributed by atoms with Gasteiger partial charge < -0.3 is 15.7 Å². The van der Waals surface area contributed by atoms with E-state index in [4.69, 9.17) is 0 Å². The van der Waals surface area contributed by atoms with E-state index in [0.717, 1.165) is 5.56 Å². The first kappa shape index (κ1) is 19.6. The van der Waals surface area contributed by atoms with Gasteiger partial charge in [-0.2, -0.15) is 0 Å². The Morgan fingerprint density at radius 1 is 0.929 bits per heavy atom. The third kappa shape index (κ3) is 4.58. The fraction of sp³-hybridized carbons (Fsp3) is 0.182. The Labute approximate surface area is 168 Å². The molecule has 6 heteroatoms. The molecule has 1 aromatic heterocycles. The Bertz CT molecular complexity index is 988. The second-order valence-corrected chi connectivity index (χ2v) is 8.39. The minimum absolute atomic E-state index is 0.0106. The molecular weight excluding hydrogens is 372 g/mol. The van der Waals surface area contributed by atoms with Crippen molar-refractivity contribution in [2.45, 2.75) is 26.2 Å². The second kappa shape index (κ2) is 7.86. The molecule has 0 fully saturated rings. The lowest BCUT2D eigenvalue weighted by molar-refractivity contribution is 0.101. The summed E-state index contributed by atoms with van der Waals surface area (Å²) in [4.78, 5) is 25.1. The third-order valence-corrected chi connectivity index (χ3v) is 5.13. The summed E-state index contributed by atoms with van der Waals surface area (Å²) in [5, 5.41) is 17.4. The van der Waals surface area contributed by atoms with Gasteiger partial charge in [-0.15, -0.1) is 11.3 Å². The molecule has 0 saturated heterocycles. The van der Waals surface area contributed by atoms with Crippen molar-refractivity contribution >= 4 is 34.5 Å². The van der Waals surface area contributed by atoms with E-state index >= 15 is 0 Å². The zero-order valence-electron chi connectivity index (χ0n) is 15.9. The minimum Gasteiger partial charge on any atom is -0.506 e. The van der Waals surface area contributed by atoms with Crippen LogP contribution in [-0.4, -0.2) is 16.9 Å². The third-order valence-electron chi connectivity index (χ3n) is 4.26. The number of hydrogen-bond donors (Lipinski definition) is 3. The van der Waals surface area contributed by atoms with Crippen LogP contribution in [-0.2, 0) is 5.41 Å². The van der Waals surface area contributed by atoms with Crippen LogP contribution in [0.4, 0.5) is 11.4 Å². The molecule has 0 aliphatic heterocycles. The number of anilines is 2. The Morgan fingerprint density at radius 3 is 2.21 bits per heavy atom. The zero-order valence-corrected chi connectivity index (χ0v) is 16.8. The van der Waals surface area contributed by atoms with E-state index in [2.05, 4.69) is 31.4 Å². The molecule has 0 saturated carbocycles. The largest absolute Gasteiger partial charge is 0.506 e. The maximum atomic E-state index is 12.5. The van der Waals surface area contributed by atoms with Gasteiger partial charge >= 0.3 is 0 Å². The molecule has 5 nitrogen and oxygen atoms in total. The first-order chi connectivity index (χ1) is 13.2. The molecule has 3 aromatic rings. The lowest BCUT2D eigenvalue weighted by Crippen LogP contribution is -2.14. The predicted octanol–water partition coefficient (Wildman–Crippen LogP) is 5.26. The summed E-state index contributed by atoms with van der Waals surface area (Å²) in [6, 6.07) is 15.5. The summed E-state index contributed by atoms with van der Waals surface area (Å²) in [5.41, 5.74) is 2.37. The Hall–Kier alpha value is -3.12. The van der Waals surface area contributed by atoms with Crippen LogP contribution in [0.5, 0.6) is 5.75 Å². The monoisotopic (exact) mass is 394 g/mol. The summed E-state index contributed by atoms with van der Waals surface area (Å²) in [5.74, 6) is -0.681. The van der Waals surface area contributed by atoms with E-state index in [0.29, 0.717) is 16.1 Å². The van der Waals surface area contributed by atoms with Crippen molar-refractivity contribution in [2.24, 2.45) is 0 Å². The average molecular weight is 394 g/mol. The molecule has 0 bridgehead atoms. The maximum Gasteiger partial charge on any atom is 0.265 e. The van der Waals surface area contributed by atoms with Gasteiger partial charge in [0.2, 0.25) is 0 Å². The number of amides is 2. The van der Waals surface area contributed by atoms with Crippen molar-refractivity contribution in [1.29, 1.82) is 0 Å². The molecule has 0 spiro atoms. The molecule has 0 unspecified atom stereocenters. The summed E-state index contributed by atoms with van der Waals surface area (Å²) < 4.78 is 0. The van der Waals surface area contributed by atoms with Gasteiger partial charge in [0.15, 0.2) is 0 Å². The van der Waals surface area contributed by atoms with Crippen molar-refractivity contribution in [3.05, 3.63) is 76.0 Å². The molecule has 2 amide bonds. The predicted molar refractivity (Wildman–Crippen MR) is 113 cm³/mol. The van der Waals surface area contributed by atoms with Crippen LogP contribution >= 0.6 is 11.3 Å². The van der Waals surface area contributed by atoms with Gasteiger partial charge in [0.1, 0.15) is 5.75 Å². The lowest BCUT2D eigenvalue weighted by Gasteiger charge is -2.19. The number of thiophene rings is 1. The minimum atomic E-state index is -0.314. The zero-order chi connectivity index (χ0) is 20.3. The van der Waals surface area contributed by atoms with Crippen LogP contribution in [0.25, 0.3) is 0 Å². The summed E-state index contributed by atoms with van der Waals surface area (Å²) in [6.07, 6.45) is 0. The van der Waals surface area contributed by atoms with Crippen molar-refractivity contribution in [3.63, 3.8) is 0 Å². The van der Waals surface area contributed by atoms with Crippen LogP contribution in [0.2, 0.25) is 0 Å². The highest BCUT2D eigenvalue weighted by molar-refractivity contribution is 7.12. The van der Waals surface area contributed by atoms with Gasteiger partial charge in [-0.1, -0.05) is 39.0 Å². The van der Waals surface area contributed by atoms with E-state index in [9.17, 15) is 14.7 Å². The number of carbonyl (C=O) groups is 2. The smallest absolute Gasteiger partial charge is 0.265 e. The normalized spacial score (nSPS) is 11.1. The number of rotatable bonds is 4. The van der Waals surface area contributed by atoms with Crippen molar-refractivity contribution in [3.8, 4) is 5.75 Å². The lowest BCUT2D eigenvalue weighted by atomic mass is 9.87. The molecule has 0 radical (unpaired) electrons. The Morgan fingerprint density at radius 2 is 1.64 bits per heavy atom. The number of aromatic hydroxyl groups is 1. The fourth-order valence-electron chi connectivity index (χ4n) is 2.63. The second-order valence-electron chi connectivity index (χ2n) is 7.44. The van der Waals surface area contributed by atoms with Gasteiger partial charge in [0.05, 0.1) is 10.6 Å². The Kier molecular flexibility index (Phi) is 5.51. The van der Waals surface area contributed by atoms with Gasteiger partial charge in [-0.25, -0.2) is 0 Å². The molecule has 2 aromatic carbocycles. The van der Waals surface area contributed by atoms with Crippen molar-refractivity contribution in [2.75, 3.05) is 10.6 Å². The molecule has 3 N–H and O–H groups in total. The summed E-state index contributed by atoms with van der Waals surface area (Å²) in [6.45, 7) is 6.33. The number of benzene rings is 2. The standard InChI is InChI=1S/C22H22N2O3S/c1-22(2,3)15-8-6-14(7-9-15)20(26)24-17-11-10-16(13-18(17)25)23-21(27)19-5-4-12-28-19/h4-13,25H,1-3H3,(H,23,27)(H,24,26). The molecule has 0 atom stereocenters. The topological polar surface area (TPSA) is 78.4 Å². The molecule has 3 rings (SSSR count). The first-order valence-corrected chi connectivity index (χ1v) is 9.72. The van der Waals surface area contributed by atoms with Gasteiger partial charge in [-0.3, -0.25) is 9.59 Å². The Balaban J connectivity index is 1.69. The van der Waals surface area contributed by atoms with Gasteiger partial charge in [0, 0.05) is 17.3 Å². The SMILES string of the molecule is CC(C)(C)c1ccc(C(=O)Nc2ccc(NC(=O)c3cccs3)cc2O)cc1. The molecule has 0 aliphatic carbocycles. The highest BCUT2D eigenvalue weighted by Gasteiger charge is 2.15. The average Bonchev–Trinajstić information content (AvgIpc) is 3.18. The highest BCUT2D eigenvalue weighted by Crippen LogP contribution is 2.28. The first-order valence-electron chi connectivity index (χ1n) is 8.84. The molecule has 28 heavy (non-hydrogen) atoms. The summed E-state index contributed by atoms with van der Waals surface area (Å²) in [7, 11) is 0. The quantitative estimate of drug-likeness (QED) is 0.529. The number of phenols is 1. The number of hydrogen-bond acceptors (Lipinski definition) is 4. The van der Waals surface area contributed by atoms with Gasteiger partial charge in [-0.05, 0) is 46.7 Å². The van der Waals surface area contributed by atoms with Crippen LogP contribution in [0.3, 0.4) is 0 Å². The van der Waals surface area contributed by atoms with E-state index < -0.39 is 0 Å². The van der Waals surface area contributed by atoms with E-state index in [1.165, 1.54) is 17.4 Å². The van der Waals surface area contributed by atoms with E-state index in [-0.39, 0.29) is 28.7 Å². The molecule has 0 aliphatic rings. The molecule has 1 heterocycles. The van der Waals surface area contributed by atoms with Crippen LogP contribution in [0.1, 0.15) is 46.4 Å². The number of nitrogens with one attached hydrogen (secondary N) is 2. The van der Waals surface area contributed by atoms with Crippen molar-refractivity contribution in [1.82, 2.24) is 0 Å². The maximum absolute atomic E-state index is 12.5. The van der Waals surface area contributed by atoms with Crippen LogP contribution in [0.15, 0.2) is 60.0 Å². The van der Waals surface area contributed by atoms with Crippen molar-refractivity contribution < 1.29 is 14.7 Å². The number of phenolic OH excluding ortho intramolecular Hbond substituents is 1. The summed E-state index contributed by atoms with van der Waals surface area (Å²) >= 11 is 1.33. The van der Waals surface area contributed by atoms with Crippen LogP contribution < -0.4 is 10.6 Å².